The van der Waals surface area contributed by atoms with Gasteiger partial charge in [0.05, 0.1) is 18.3 Å². The number of ether oxygens (including phenoxy) is 1. The third-order valence-electron chi connectivity index (χ3n) is 5.18. The first-order valence-corrected chi connectivity index (χ1v) is 8.93. The van der Waals surface area contributed by atoms with Crippen LogP contribution in [0, 0.1) is 5.92 Å². The van der Waals surface area contributed by atoms with Crippen LogP contribution in [0.15, 0.2) is 6.20 Å². The number of nitrogens with zero attached hydrogens (tertiary/aromatic N) is 3. The largest absolute Gasteiger partial charge is 0.384 e. The van der Waals surface area contributed by atoms with Crippen molar-refractivity contribution in [3.05, 3.63) is 11.9 Å². The lowest BCUT2D eigenvalue weighted by Gasteiger charge is -2.33. The maximum absolute atomic E-state index is 12.5. The summed E-state index contributed by atoms with van der Waals surface area (Å²) < 4.78 is 7.38. The summed E-state index contributed by atoms with van der Waals surface area (Å²) in [6.07, 6.45) is 6.46. The lowest BCUT2D eigenvalue weighted by molar-refractivity contribution is -0.132. The van der Waals surface area contributed by atoms with Crippen LogP contribution >= 0.6 is 0 Å². The molecule has 1 aliphatic carbocycles. The first-order valence-electron chi connectivity index (χ1n) is 8.93. The molecule has 1 aromatic rings. The number of aromatic nitrogens is 3. The summed E-state index contributed by atoms with van der Waals surface area (Å²) >= 11 is 0. The molecule has 24 heavy (non-hydrogen) atoms. The van der Waals surface area contributed by atoms with Crippen LogP contribution in [0.5, 0.6) is 0 Å². The van der Waals surface area contributed by atoms with Crippen LogP contribution in [0.1, 0.15) is 64.6 Å². The summed E-state index contributed by atoms with van der Waals surface area (Å²) in [5.74, 6) is 0.250. The van der Waals surface area contributed by atoms with Crippen LogP contribution in [0.3, 0.4) is 0 Å². The Kier molecular flexibility index (Phi) is 4.92. The van der Waals surface area contributed by atoms with Gasteiger partial charge >= 0.3 is 0 Å². The lowest BCUT2D eigenvalue weighted by atomic mass is 9.89. The van der Waals surface area contributed by atoms with Gasteiger partial charge in [0.2, 0.25) is 5.91 Å². The van der Waals surface area contributed by atoms with E-state index in [9.17, 15) is 9.90 Å². The summed E-state index contributed by atoms with van der Waals surface area (Å²) in [6, 6.07) is 0.0991. The molecule has 2 heterocycles. The zero-order valence-corrected chi connectivity index (χ0v) is 14.7. The van der Waals surface area contributed by atoms with Crippen LogP contribution in [-0.4, -0.2) is 44.8 Å². The molecule has 0 unspecified atom stereocenters. The van der Waals surface area contributed by atoms with E-state index in [1.54, 1.807) is 24.7 Å². The molecule has 3 rings (SSSR count). The number of carbonyl (C=O) groups excluding carboxylic acids is 1. The second kappa shape index (κ2) is 6.80. The molecule has 7 heteroatoms. The highest BCUT2D eigenvalue weighted by molar-refractivity contribution is 5.81. The van der Waals surface area contributed by atoms with Gasteiger partial charge in [0.1, 0.15) is 17.4 Å². The average Bonchev–Trinajstić information content (AvgIpc) is 3.16. The van der Waals surface area contributed by atoms with E-state index in [4.69, 9.17) is 4.74 Å². The van der Waals surface area contributed by atoms with Gasteiger partial charge in [0, 0.05) is 6.61 Å². The number of hydrogen-bond acceptors (Lipinski definition) is 5. The number of hydrogen-bond donors (Lipinski definition) is 2. The quantitative estimate of drug-likeness (QED) is 0.870. The standard InChI is InChI=1S/C17H28N4O3/c1-11-8-9-24-15(11)16(22)18-12-6-4-5-7-13(12)21-10-14(19-20-21)17(2,3)23/h10-13,15,23H,4-9H2,1-3H3,(H,18,22)/t11-,12-,13+,15-/m0/s1. The second-order valence-electron chi connectivity index (χ2n) is 7.67. The summed E-state index contributed by atoms with van der Waals surface area (Å²) in [6.45, 7) is 6.11. The smallest absolute Gasteiger partial charge is 0.249 e. The van der Waals surface area contributed by atoms with Gasteiger partial charge in [-0.2, -0.15) is 0 Å². The topological polar surface area (TPSA) is 89.3 Å². The minimum absolute atomic E-state index is 0.0141. The van der Waals surface area contributed by atoms with Crippen LogP contribution in [0.4, 0.5) is 0 Å². The number of aliphatic hydroxyl groups is 1. The number of nitrogens with one attached hydrogen (secondary N) is 1. The number of carbonyl (C=O) groups is 1. The molecule has 134 valence electrons. The van der Waals surface area contributed by atoms with Crippen molar-refractivity contribution in [1.82, 2.24) is 20.3 Å². The van der Waals surface area contributed by atoms with Crippen LogP contribution in [0.2, 0.25) is 0 Å². The number of rotatable bonds is 4. The Morgan fingerprint density at radius 2 is 2.12 bits per heavy atom. The minimum Gasteiger partial charge on any atom is -0.384 e. The van der Waals surface area contributed by atoms with E-state index in [-0.39, 0.29) is 30.0 Å². The van der Waals surface area contributed by atoms with Gasteiger partial charge in [0.25, 0.3) is 0 Å². The van der Waals surface area contributed by atoms with Gasteiger partial charge < -0.3 is 15.2 Å². The van der Waals surface area contributed by atoms with Gasteiger partial charge in [-0.15, -0.1) is 5.10 Å². The van der Waals surface area contributed by atoms with E-state index in [0.717, 1.165) is 32.1 Å². The van der Waals surface area contributed by atoms with Gasteiger partial charge in [-0.25, -0.2) is 4.68 Å². The Bertz CT molecular complexity index is 581. The summed E-state index contributed by atoms with van der Waals surface area (Å²) in [5, 5.41) is 21.5. The molecule has 2 aliphatic rings. The fourth-order valence-corrected chi connectivity index (χ4v) is 3.61. The van der Waals surface area contributed by atoms with E-state index >= 15 is 0 Å². The molecule has 2 N–H and O–H groups in total. The van der Waals surface area contributed by atoms with Crippen molar-refractivity contribution >= 4 is 5.91 Å². The zero-order valence-electron chi connectivity index (χ0n) is 14.7. The van der Waals surface area contributed by atoms with E-state index in [0.29, 0.717) is 12.3 Å². The van der Waals surface area contributed by atoms with Crippen molar-refractivity contribution in [2.45, 2.75) is 76.7 Å². The lowest BCUT2D eigenvalue weighted by Crippen LogP contribution is -2.48. The Morgan fingerprint density at radius 3 is 2.75 bits per heavy atom. The van der Waals surface area contributed by atoms with Crippen molar-refractivity contribution < 1.29 is 14.6 Å². The van der Waals surface area contributed by atoms with Crippen molar-refractivity contribution in [3.63, 3.8) is 0 Å². The van der Waals surface area contributed by atoms with Crippen LogP contribution in [-0.2, 0) is 15.1 Å². The molecule has 0 radical (unpaired) electrons. The highest BCUT2D eigenvalue weighted by Gasteiger charge is 2.35. The first-order chi connectivity index (χ1) is 11.4. The van der Waals surface area contributed by atoms with E-state index in [2.05, 4.69) is 22.6 Å². The van der Waals surface area contributed by atoms with Crippen LogP contribution in [0.25, 0.3) is 0 Å². The third kappa shape index (κ3) is 3.62. The summed E-state index contributed by atoms with van der Waals surface area (Å²) in [5.41, 5.74) is -0.468. The SMILES string of the molecule is C[C@H]1CCO[C@@H]1C(=O)N[C@H]1CCCC[C@H]1n1cc(C(C)(C)O)nn1. The molecule has 4 atom stereocenters. The molecule has 0 spiro atoms. The summed E-state index contributed by atoms with van der Waals surface area (Å²) in [4.78, 5) is 12.5. The predicted molar refractivity (Wildman–Crippen MR) is 88.2 cm³/mol. The van der Waals surface area contributed by atoms with Crippen molar-refractivity contribution in [2.24, 2.45) is 5.92 Å². The Labute approximate surface area is 142 Å². The Balaban J connectivity index is 1.71. The predicted octanol–water partition coefficient (Wildman–Crippen LogP) is 1.53. The molecule has 0 bridgehead atoms. The normalized spacial score (nSPS) is 31.2. The molecule has 1 saturated heterocycles. The van der Waals surface area contributed by atoms with Gasteiger partial charge in [0.15, 0.2) is 0 Å². The highest BCUT2D eigenvalue weighted by atomic mass is 16.5. The van der Waals surface area contributed by atoms with Gasteiger partial charge in [-0.1, -0.05) is 25.0 Å². The molecule has 1 aromatic heterocycles. The Morgan fingerprint density at radius 1 is 1.38 bits per heavy atom. The highest BCUT2D eigenvalue weighted by Crippen LogP contribution is 2.30. The van der Waals surface area contributed by atoms with Crippen molar-refractivity contribution in [3.8, 4) is 0 Å². The maximum atomic E-state index is 12.5. The second-order valence-corrected chi connectivity index (χ2v) is 7.67. The van der Waals surface area contributed by atoms with Gasteiger partial charge in [-0.3, -0.25) is 4.79 Å². The summed E-state index contributed by atoms with van der Waals surface area (Å²) in [7, 11) is 0. The first kappa shape index (κ1) is 17.4. The monoisotopic (exact) mass is 336 g/mol. The fraction of sp³-hybridized carbons (Fsp3) is 0.824. The molecule has 7 nitrogen and oxygen atoms in total. The van der Waals surface area contributed by atoms with Gasteiger partial charge in [-0.05, 0) is 39.0 Å². The molecular formula is C17H28N4O3. The maximum Gasteiger partial charge on any atom is 0.249 e. The molecule has 2 fully saturated rings. The molecule has 1 amide bonds. The van der Waals surface area contributed by atoms with E-state index < -0.39 is 5.60 Å². The molecule has 1 aliphatic heterocycles. The number of amides is 1. The van der Waals surface area contributed by atoms with E-state index in [1.165, 1.54) is 0 Å². The van der Waals surface area contributed by atoms with Crippen molar-refractivity contribution in [2.75, 3.05) is 6.61 Å². The van der Waals surface area contributed by atoms with E-state index in [1.807, 2.05) is 0 Å². The fourth-order valence-electron chi connectivity index (χ4n) is 3.61. The average molecular weight is 336 g/mol. The zero-order chi connectivity index (χ0) is 17.3. The van der Waals surface area contributed by atoms with Crippen molar-refractivity contribution in [1.29, 1.82) is 0 Å². The molecular weight excluding hydrogens is 308 g/mol. The Hall–Kier alpha value is -1.47. The molecule has 1 saturated carbocycles. The molecule has 0 aromatic carbocycles. The van der Waals surface area contributed by atoms with Crippen LogP contribution < -0.4 is 5.32 Å². The third-order valence-corrected chi connectivity index (χ3v) is 5.18. The minimum atomic E-state index is -1.02.